The predicted molar refractivity (Wildman–Crippen MR) is 81.5 cm³/mol. The third-order valence-corrected chi connectivity index (χ3v) is 4.41. The van der Waals surface area contributed by atoms with Gasteiger partial charge in [0.25, 0.3) is 5.56 Å². The highest BCUT2D eigenvalue weighted by Crippen LogP contribution is 2.31. The number of aryl methyl sites for hydroxylation is 2. The average molecular weight is 335 g/mol. The topological polar surface area (TPSA) is 127 Å². The van der Waals surface area contributed by atoms with Crippen LogP contribution in [0.25, 0.3) is 16.9 Å². The second-order valence-electron chi connectivity index (χ2n) is 5.97. The van der Waals surface area contributed by atoms with Gasteiger partial charge in [0.15, 0.2) is 17.4 Å². The van der Waals surface area contributed by atoms with Crippen LogP contribution in [-0.2, 0) is 11.8 Å². The first-order chi connectivity index (χ1) is 11.4. The van der Waals surface area contributed by atoms with Crippen LogP contribution in [0.2, 0.25) is 0 Å². The van der Waals surface area contributed by atoms with Gasteiger partial charge in [-0.15, -0.1) is 0 Å². The van der Waals surface area contributed by atoms with Crippen molar-refractivity contribution in [3.8, 4) is 0 Å². The van der Waals surface area contributed by atoms with Gasteiger partial charge in [-0.25, -0.2) is 14.4 Å². The van der Waals surface area contributed by atoms with Crippen molar-refractivity contribution < 1.29 is 20.1 Å². The summed E-state index contributed by atoms with van der Waals surface area (Å²) in [4.78, 5) is 21.1. The minimum absolute atomic E-state index is 0.195. The molecule has 0 saturated carbocycles. The first-order valence-corrected chi connectivity index (χ1v) is 7.47. The zero-order valence-corrected chi connectivity index (χ0v) is 13.1. The lowest BCUT2D eigenvalue weighted by molar-refractivity contribution is -0.0512. The number of nitrogens with zero attached hydrogens (tertiary/aromatic N) is 5. The molecule has 3 aromatic heterocycles. The molecule has 3 aromatic rings. The van der Waals surface area contributed by atoms with Crippen LogP contribution in [0.4, 0.5) is 0 Å². The van der Waals surface area contributed by atoms with Crippen LogP contribution in [0.15, 0.2) is 17.3 Å². The number of hydrogen-bond acceptors (Lipinski definition) is 7. The minimum atomic E-state index is -1.26. The van der Waals surface area contributed by atoms with Gasteiger partial charge < -0.3 is 20.1 Å². The van der Waals surface area contributed by atoms with Crippen molar-refractivity contribution in [3.05, 3.63) is 28.6 Å². The number of imidazole rings is 2. The Labute approximate surface area is 135 Å². The molecule has 0 unspecified atom stereocenters. The fourth-order valence-electron chi connectivity index (χ4n) is 3.21. The molecule has 1 aliphatic rings. The van der Waals surface area contributed by atoms with Crippen molar-refractivity contribution >= 4 is 16.9 Å². The molecule has 3 N–H and O–H groups in total. The summed E-state index contributed by atoms with van der Waals surface area (Å²) in [7, 11) is 1.73. The van der Waals surface area contributed by atoms with E-state index >= 15 is 0 Å². The molecule has 24 heavy (non-hydrogen) atoms. The van der Waals surface area contributed by atoms with Gasteiger partial charge in [-0.05, 0) is 6.92 Å². The van der Waals surface area contributed by atoms with E-state index in [1.807, 2.05) is 0 Å². The largest absolute Gasteiger partial charge is 0.394 e. The van der Waals surface area contributed by atoms with E-state index in [1.54, 1.807) is 24.7 Å². The monoisotopic (exact) mass is 335 g/mol. The summed E-state index contributed by atoms with van der Waals surface area (Å²) in [5.74, 6) is 0.429. The van der Waals surface area contributed by atoms with Crippen LogP contribution >= 0.6 is 0 Å². The van der Waals surface area contributed by atoms with Crippen molar-refractivity contribution in [2.24, 2.45) is 7.05 Å². The molecule has 0 aliphatic carbocycles. The number of hydrogen-bond donors (Lipinski definition) is 3. The lowest BCUT2D eigenvalue weighted by Gasteiger charge is -2.18. The predicted octanol–water partition coefficient (Wildman–Crippen LogP) is -1.70. The first kappa shape index (κ1) is 15.3. The molecule has 10 heteroatoms. The highest BCUT2D eigenvalue weighted by Gasteiger charge is 2.44. The van der Waals surface area contributed by atoms with Gasteiger partial charge >= 0.3 is 0 Å². The van der Waals surface area contributed by atoms with Crippen LogP contribution < -0.4 is 5.56 Å². The van der Waals surface area contributed by atoms with Gasteiger partial charge in [0, 0.05) is 13.2 Å². The Hall–Kier alpha value is -2.27. The van der Waals surface area contributed by atoms with E-state index in [-0.39, 0.29) is 11.1 Å². The van der Waals surface area contributed by atoms with E-state index in [1.165, 1.54) is 15.3 Å². The van der Waals surface area contributed by atoms with Crippen molar-refractivity contribution in [2.45, 2.75) is 31.5 Å². The molecule has 4 heterocycles. The highest BCUT2D eigenvalue weighted by atomic mass is 16.6. The Morgan fingerprint density at radius 2 is 2.08 bits per heavy atom. The lowest BCUT2D eigenvalue weighted by atomic mass is 10.1. The van der Waals surface area contributed by atoms with E-state index in [0.29, 0.717) is 17.1 Å². The van der Waals surface area contributed by atoms with E-state index in [9.17, 15) is 20.1 Å². The SMILES string of the molecule is Cc1cn2c(=O)c3ncn([C@@H]4O[C@@H](CO)[C@@H](O)[C@@H]4O)c3n(C)c2n1. The zero-order valence-electron chi connectivity index (χ0n) is 13.1. The molecule has 0 amide bonds. The molecule has 0 spiro atoms. The van der Waals surface area contributed by atoms with Gasteiger partial charge in [-0.2, -0.15) is 0 Å². The zero-order chi connectivity index (χ0) is 17.2. The maximum Gasteiger partial charge on any atom is 0.287 e. The number of aromatic nitrogens is 5. The third-order valence-electron chi connectivity index (χ3n) is 4.41. The van der Waals surface area contributed by atoms with Gasteiger partial charge in [-0.1, -0.05) is 0 Å². The quantitative estimate of drug-likeness (QED) is 0.509. The molecule has 4 rings (SSSR count). The molecular weight excluding hydrogens is 318 g/mol. The minimum Gasteiger partial charge on any atom is -0.394 e. The number of fused-ring (bicyclic) bond motifs is 2. The molecule has 128 valence electrons. The van der Waals surface area contributed by atoms with Gasteiger partial charge in [0.2, 0.25) is 5.78 Å². The summed E-state index contributed by atoms with van der Waals surface area (Å²) < 4.78 is 10.1. The fraction of sp³-hybridized carbons (Fsp3) is 0.500. The Balaban J connectivity index is 1.97. The van der Waals surface area contributed by atoms with Crippen LogP contribution in [0.1, 0.15) is 11.9 Å². The Kier molecular flexibility index (Phi) is 3.25. The summed E-state index contributed by atoms with van der Waals surface area (Å²) in [5.41, 5.74) is 0.965. The Morgan fingerprint density at radius 1 is 1.33 bits per heavy atom. The molecule has 0 bridgehead atoms. The van der Waals surface area contributed by atoms with E-state index in [2.05, 4.69) is 9.97 Å². The number of aliphatic hydroxyl groups is 3. The third kappa shape index (κ3) is 1.88. The van der Waals surface area contributed by atoms with Crippen LogP contribution in [0, 0.1) is 6.92 Å². The van der Waals surface area contributed by atoms with Crippen molar-refractivity contribution in [3.63, 3.8) is 0 Å². The van der Waals surface area contributed by atoms with Crippen LogP contribution in [-0.4, -0.2) is 63.7 Å². The smallest absolute Gasteiger partial charge is 0.287 e. The Morgan fingerprint density at radius 3 is 2.75 bits per heavy atom. The first-order valence-electron chi connectivity index (χ1n) is 7.47. The Bertz CT molecular complexity index is 989. The molecular formula is C14H17N5O5. The number of rotatable bonds is 2. The van der Waals surface area contributed by atoms with Crippen molar-refractivity contribution in [2.75, 3.05) is 6.61 Å². The lowest BCUT2D eigenvalue weighted by Crippen LogP contribution is -2.33. The summed E-state index contributed by atoms with van der Waals surface area (Å²) in [6.45, 7) is 1.36. The van der Waals surface area contributed by atoms with Gasteiger partial charge in [-0.3, -0.25) is 13.9 Å². The molecule has 0 aromatic carbocycles. The summed E-state index contributed by atoms with van der Waals surface area (Å²) in [5, 5.41) is 29.4. The van der Waals surface area contributed by atoms with Gasteiger partial charge in [0.05, 0.1) is 18.6 Å². The second-order valence-corrected chi connectivity index (χ2v) is 5.97. The van der Waals surface area contributed by atoms with E-state index in [0.717, 1.165) is 0 Å². The highest BCUT2D eigenvalue weighted by molar-refractivity contribution is 5.73. The van der Waals surface area contributed by atoms with Gasteiger partial charge in [0.1, 0.15) is 18.3 Å². The normalized spacial score (nSPS) is 27.5. The second kappa shape index (κ2) is 5.11. The van der Waals surface area contributed by atoms with E-state index in [4.69, 9.17) is 4.74 Å². The molecule has 0 radical (unpaired) electrons. The maximum atomic E-state index is 12.6. The molecule has 1 fully saturated rings. The molecule has 1 aliphatic heterocycles. The number of aliphatic hydroxyl groups excluding tert-OH is 3. The van der Waals surface area contributed by atoms with Crippen molar-refractivity contribution in [1.82, 2.24) is 23.5 Å². The average Bonchev–Trinajstić information content (AvgIpc) is 3.23. The summed E-state index contributed by atoms with van der Waals surface area (Å²) in [6, 6.07) is 0. The maximum absolute atomic E-state index is 12.6. The number of ether oxygens (including phenoxy) is 1. The van der Waals surface area contributed by atoms with Crippen LogP contribution in [0.3, 0.4) is 0 Å². The fourth-order valence-corrected chi connectivity index (χ4v) is 3.21. The van der Waals surface area contributed by atoms with Crippen molar-refractivity contribution in [1.29, 1.82) is 0 Å². The van der Waals surface area contributed by atoms with Crippen LogP contribution in [0.5, 0.6) is 0 Å². The molecule has 4 atom stereocenters. The summed E-state index contributed by atoms with van der Waals surface area (Å²) in [6.07, 6.45) is -1.36. The summed E-state index contributed by atoms with van der Waals surface area (Å²) >= 11 is 0. The molecule has 1 saturated heterocycles. The standard InChI is InChI=1S/C14H17N5O5/c1-6-3-18-12(23)8-11(17(2)14(18)16-6)19(5-15-8)13-10(22)9(21)7(4-20)24-13/h3,5,7,9-10,13,20-22H,4H2,1-2H3/t7-,9+,10-,13+/m0/s1. The molecule has 10 nitrogen and oxygen atoms in total. The van der Waals surface area contributed by atoms with E-state index < -0.39 is 31.1 Å².